The fourth-order valence-corrected chi connectivity index (χ4v) is 11.3. The average molecular weight is 1210 g/mol. The second-order valence-electron chi connectivity index (χ2n) is 22.9. The summed E-state index contributed by atoms with van der Waals surface area (Å²) >= 11 is 0. The van der Waals surface area contributed by atoms with Crippen LogP contribution in [-0.4, -0.2) is 309 Å². The molecule has 37 unspecified atom stereocenters. The van der Waals surface area contributed by atoms with Gasteiger partial charge in [0.25, 0.3) is 0 Å². The number of aliphatic hydroxyl groups excluding tert-OH is 11. The van der Waals surface area contributed by atoms with Crippen molar-refractivity contribution in [3.63, 3.8) is 0 Å². The first-order valence-electron chi connectivity index (χ1n) is 28.0. The molecule has 35 nitrogen and oxygen atoms in total. The summed E-state index contributed by atoms with van der Waals surface area (Å²) < 4.78 is 70.4. The molecule has 83 heavy (non-hydrogen) atoms. The Morgan fingerprint density at radius 3 is 1.18 bits per heavy atom. The number of ether oxygens (including phenoxy) is 12. The minimum absolute atomic E-state index is 0.138. The van der Waals surface area contributed by atoms with Crippen LogP contribution < -0.4 is 68.8 Å². The normalized spacial score (nSPS) is 52.2. The van der Waals surface area contributed by atoms with Crippen LogP contribution in [0.5, 0.6) is 0 Å². The zero-order valence-corrected chi connectivity index (χ0v) is 46.2. The molecule has 0 aromatic heterocycles. The molecule has 0 bridgehead atoms. The largest absolute Gasteiger partial charge is 0.394 e. The van der Waals surface area contributed by atoms with E-state index in [1.165, 1.54) is 0 Å². The van der Waals surface area contributed by atoms with Gasteiger partial charge in [-0.3, -0.25) is 0 Å². The quantitative estimate of drug-likeness (QED) is 0.0567. The maximum absolute atomic E-state index is 11.1. The number of nitrogens with two attached hydrogens (primary N) is 12. The van der Waals surface area contributed by atoms with Gasteiger partial charge in [-0.25, -0.2) is 0 Å². The minimum atomic E-state index is -1.57. The highest BCUT2D eigenvalue weighted by molar-refractivity contribution is 5.07. The van der Waals surface area contributed by atoms with Crippen molar-refractivity contribution in [2.45, 2.75) is 259 Å². The first-order chi connectivity index (χ1) is 39.1. The van der Waals surface area contributed by atoms with Crippen LogP contribution in [0.25, 0.3) is 0 Å². The van der Waals surface area contributed by atoms with E-state index in [1.54, 1.807) is 26.0 Å². The van der Waals surface area contributed by atoms with Crippen LogP contribution in [0, 0.1) is 0 Å². The lowest BCUT2D eigenvalue weighted by Gasteiger charge is -2.46. The van der Waals surface area contributed by atoms with E-state index in [0.29, 0.717) is 0 Å². The maximum atomic E-state index is 11.1. The molecule has 35 N–H and O–H groups in total. The van der Waals surface area contributed by atoms with Gasteiger partial charge in [0.15, 0.2) is 37.7 Å². The standard InChI is InChI=1S/C24H48N6O12.C24H46N6O11/c1-6(26)10-3-9(32)13(29)22(37-10)40-19-8(28)2-7(27)15(33)21(19)42-24-18(36)20(12(5-31)39-24)41-23-14(30)17(35)16(34)11(4-25)38-23;1-7(26)11-3-2-8(27)22(36-11)39-19-10(29)4-9(28)15(32)21(19)41-24-18(35)20(13(6-31)38-24)40-23-14(30)17(34)16(33)12(5-25)37-23/h6-24,31-36H,2-5,25-30H2,1H3;2-3,7-24,31-35H,4-6,25-30H2,1H3. The Balaban J connectivity index is 0.000000239. The summed E-state index contributed by atoms with van der Waals surface area (Å²) in [7, 11) is 0. The number of hydrogen-bond donors (Lipinski definition) is 23. The summed E-state index contributed by atoms with van der Waals surface area (Å²) in [6.07, 6.45) is -28.5. The van der Waals surface area contributed by atoms with E-state index in [4.69, 9.17) is 126 Å². The van der Waals surface area contributed by atoms with Crippen molar-refractivity contribution in [2.75, 3.05) is 26.3 Å². The smallest absolute Gasteiger partial charge is 0.187 e. The van der Waals surface area contributed by atoms with Gasteiger partial charge in [0, 0.05) is 55.8 Å². The van der Waals surface area contributed by atoms with Gasteiger partial charge in [-0.05, 0) is 26.7 Å². The molecule has 0 aromatic carbocycles. The molecule has 2 saturated carbocycles. The minimum Gasteiger partial charge on any atom is -0.394 e. The van der Waals surface area contributed by atoms with E-state index in [2.05, 4.69) is 0 Å². The fourth-order valence-electron chi connectivity index (χ4n) is 11.3. The highest BCUT2D eigenvalue weighted by Crippen LogP contribution is 2.37. The second kappa shape index (κ2) is 29.8. The van der Waals surface area contributed by atoms with Gasteiger partial charge < -0.3 is 182 Å². The SMILES string of the molecule is CC(N)C1C=CC(N)C(OC2C(N)CC(N)C(O)C2OC2OC(CO)C(OC3OC(CN)C(O)C(O)C3N)C2O)O1.CC(N)C1CC(O)C(N)C(OC2C(N)CC(N)C(O)C2OC2OC(CO)C(OC3OC(CN)C(O)C(O)C3N)C2O)O1. The topological polar surface area (TPSA) is 646 Å². The van der Waals surface area contributed by atoms with Gasteiger partial charge in [-0.1, -0.05) is 12.2 Å². The van der Waals surface area contributed by atoms with E-state index in [-0.39, 0.29) is 38.4 Å². The molecule has 37 atom stereocenters. The molecule has 0 radical (unpaired) electrons. The van der Waals surface area contributed by atoms with Crippen LogP contribution in [-0.2, 0) is 56.8 Å². The van der Waals surface area contributed by atoms with Crippen LogP contribution in [0.3, 0.4) is 0 Å². The van der Waals surface area contributed by atoms with E-state index in [9.17, 15) is 56.2 Å². The van der Waals surface area contributed by atoms with E-state index in [0.717, 1.165) is 0 Å². The van der Waals surface area contributed by atoms with Crippen LogP contribution in [0.2, 0.25) is 0 Å². The average Bonchev–Trinajstić information content (AvgIpc) is 4.21. The van der Waals surface area contributed by atoms with Gasteiger partial charge in [0.1, 0.15) is 97.7 Å². The Labute approximate surface area is 478 Å². The second-order valence-corrected chi connectivity index (χ2v) is 22.9. The summed E-state index contributed by atoms with van der Waals surface area (Å²) in [5.41, 5.74) is 72.4. The van der Waals surface area contributed by atoms with Crippen molar-refractivity contribution >= 4 is 0 Å². The molecular weight excluding hydrogens is 1110 g/mol. The van der Waals surface area contributed by atoms with Crippen molar-refractivity contribution < 1.29 is 113 Å². The molecule has 484 valence electrons. The molecule has 0 spiro atoms. The molecule has 0 aromatic rings. The Morgan fingerprint density at radius 1 is 0.398 bits per heavy atom. The number of aliphatic hydroxyl groups is 11. The highest BCUT2D eigenvalue weighted by atomic mass is 16.8. The number of rotatable bonds is 18. The fraction of sp³-hybridized carbons (Fsp3) is 0.958. The van der Waals surface area contributed by atoms with E-state index in [1.807, 2.05) is 0 Å². The summed E-state index contributed by atoms with van der Waals surface area (Å²) in [6, 6.07) is -7.98. The van der Waals surface area contributed by atoms with Crippen molar-refractivity contribution in [1.29, 1.82) is 0 Å². The highest BCUT2D eigenvalue weighted by Gasteiger charge is 2.56. The Bertz CT molecular complexity index is 2010. The van der Waals surface area contributed by atoms with Crippen molar-refractivity contribution in [2.24, 2.45) is 68.8 Å². The summed E-state index contributed by atoms with van der Waals surface area (Å²) in [5, 5.41) is 116. The lowest BCUT2D eigenvalue weighted by molar-refractivity contribution is -0.296. The Kier molecular flexibility index (Phi) is 24.7. The summed E-state index contributed by atoms with van der Waals surface area (Å²) in [4.78, 5) is 0. The van der Waals surface area contributed by atoms with E-state index >= 15 is 0 Å². The molecule has 0 amide bonds. The lowest BCUT2D eigenvalue weighted by Crippen LogP contribution is -2.66. The predicted octanol–water partition coefficient (Wildman–Crippen LogP) is -14.1. The molecule has 8 rings (SSSR count). The third-order valence-electron chi connectivity index (χ3n) is 16.6. The molecule has 6 heterocycles. The summed E-state index contributed by atoms with van der Waals surface area (Å²) in [5.74, 6) is 0. The Hall–Kier alpha value is -1.66. The van der Waals surface area contributed by atoms with Gasteiger partial charge in [0.2, 0.25) is 0 Å². The maximum Gasteiger partial charge on any atom is 0.187 e. The van der Waals surface area contributed by atoms with Gasteiger partial charge in [-0.15, -0.1) is 0 Å². The van der Waals surface area contributed by atoms with Gasteiger partial charge >= 0.3 is 0 Å². The van der Waals surface area contributed by atoms with Gasteiger partial charge in [0.05, 0.1) is 67.9 Å². The lowest BCUT2D eigenvalue weighted by atomic mass is 9.84. The molecular formula is C48H94N12O23. The molecule has 35 heteroatoms. The molecule has 2 aliphatic carbocycles. The molecule has 5 saturated heterocycles. The van der Waals surface area contributed by atoms with Crippen molar-refractivity contribution in [3.05, 3.63) is 12.2 Å². The monoisotopic (exact) mass is 1210 g/mol. The van der Waals surface area contributed by atoms with Crippen molar-refractivity contribution in [1.82, 2.24) is 0 Å². The first kappa shape index (κ1) is 68.8. The zero-order chi connectivity index (χ0) is 61.2. The van der Waals surface area contributed by atoms with Crippen LogP contribution in [0.1, 0.15) is 33.1 Å². The van der Waals surface area contributed by atoms with Crippen LogP contribution in [0.15, 0.2) is 12.2 Å². The predicted molar refractivity (Wildman–Crippen MR) is 282 cm³/mol. The third-order valence-corrected chi connectivity index (χ3v) is 16.6. The van der Waals surface area contributed by atoms with Crippen LogP contribution in [0.4, 0.5) is 0 Å². The molecule has 7 fully saturated rings. The van der Waals surface area contributed by atoms with Crippen molar-refractivity contribution in [3.8, 4) is 0 Å². The first-order valence-corrected chi connectivity index (χ1v) is 28.0. The van der Waals surface area contributed by atoms with Gasteiger partial charge in [-0.2, -0.15) is 0 Å². The zero-order valence-electron chi connectivity index (χ0n) is 46.2. The summed E-state index contributed by atoms with van der Waals surface area (Å²) in [6.45, 7) is 1.97. The van der Waals surface area contributed by atoms with Crippen LogP contribution >= 0.6 is 0 Å². The Morgan fingerprint density at radius 2 is 0.783 bits per heavy atom. The molecule has 6 aliphatic heterocycles. The number of hydrogen-bond acceptors (Lipinski definition) is 35. The molecule has 8 aliphatic rings. The van der Waals surface area contributed by atoms with E-state index < -0.39 is 234 Å². The third kappa shape index (κ3) is 15.3.